The molecule has 2 rings (SSSR count). The lowest BCUT2D eigenvalue weighted by Gasteiger charge is -2.17. The van der Waals surface area contributed by atoms with E-state index in [0.717, 1.165) is 5.56 Å². The van der Waals surface area contributed by atoms with Crippen LogP contribution in [0.15, 0.2) is 29.2 Å². The number of benzene rings is 1. The number of alkyl halides is 3. The number of primary amides is 1. The first kappa shape index (κ1) is 16.8. The van der Waals surface area contributed by atoms with E-state index in [1.165, 1.54) is 12.1 Å². The van der Waals surface area contributed by atoms with Crippen molar-refractivity contribution in [2.24, 2.45) is 11.7 Å². The zero-order valence-electron chi connectivity index (χ0n) is 11.6. The van der Waals surface area contributed by atoms with Crippen molar-refractivity contribution in [1.82, 2.24) is 4.72 Å². The van der Waals surface area contributed by atoms with Crippen molar-refractivity contribution in [1.29, 1.82) is 0 Å². The van der Waals surface area contributed by atoms with Crippen LogP contribution in [0.2, 0.25) is 0 Å². The third-order valence-electron chi connectivity index (χ3n) is 3.67. The number of amides is 1. The van der Waals surface area contributed by atoms with E-state index in [0.29, 0.717) is 0 Å². The summed E-state index contributed by atoms with van der Waals surface area (Å²) in [5.41, 5.74) is 4.08. The van der Waals surface area contributed by atoms with Crippen LogP contribution in [0.25, 0.3) is 0 Å². The number of hydrogen-bond donors (Lipinski definition) is 2. The molecule has 0 aromatic heterocycles. The molecule has 1 unspecified atom stereocenters. The lowest BCUT2D eigenvalue weighted by molar-refractivity contribution is -0.140. The van der Waals surface area contributed by atoms with Crippen molar-refractivity contribution in [2.45, 2.75) is 36.4 Å². The summed E-state index contributed by atoms with van der Waals surface area (Å²) in [4.78, 5) is 11.3. The highest BCUT2D eigenvalue weighted by Gasteiger charge is 2.63. The highest BCUT2D eigenvalue weighted by molar-refractivity contribution is 7.89. The van der Waals surface area contributed by atoms with Gasteiger partial charge >= 0.3 is 6.18 Å². The Hall–Kier alpha value is -1.61. The number of halogens is 3. The zero-order valence-corrected chi connectivity index (χ0v) is 12.5. The van der Waals surface area contributed by atoms with Crippen LogP contribution in [0.4, 0.5) is 13.2 Å². The minimum Gasteiger partial charge on any atom is -0.368 e. The van der Waals surface area contributed by atoms with Gasteiger partial charge in [0.15, 0.2) is 0 Å². The SMILES string of the molecule is Cc1ccc(S(=O)(=O)N[C@]2(C(N)=O)CC2CC(F)(F)F)cc1. The molecular formula is C13H15F3N2O3S. The van der Waals surface area contributed by atoms with Crippen molar-refractivity contribution >= 4 is 15.9 Å². The first-order valence-corrected chi connectivity index (χ1v) is 7.92. The molecule has 0 spiro atoms. The van der Waals surface area contributed by atoms with Gasteiger partial charge in [0.1, 0.15) is 5.54 Å². The van der Waals surface area contributed by atoms with Gasteiger partial charge in [0, 0.05) is 6.42 Å². The molecule has 5 nitrogen and oxygen atoms in total. The second kappa shape index (κ2) is 5.24. The van der Waals surface area contributed by atoms with Crippen molar-refractivity contribution < 1.29 is 26.4 Å². The molecule has 22 heavy (non-hydrogen) atoms. The van der Waals surface area contributed by atoms with Crippen LogP contribution in [0.1, 0.15) is 18.4 Å². The van der Waals surface area contributed by atoms with Gasteiger partial charge in [-0.25, -0.2) is 8.42 Å². The van der Waals surface area contributed by atoms with E-state index >= 15 is 0 Å². The molecule has 1 aromatic rings. The van der Waals surface area contributed by atoms with E-state index in [4.69, 9.17) is 5.73 Å². The fraction of sp³-hybridized carbons (Fsp3) is 0.462. The molecule has 1 aromatic carbocycles. The van der Waals surface area contributed by atoms with Crippen molar-refractivity contribution in [2.75, 3.05) is 0 Å². The van der Waals surface area contributed by atoms with E-state index in [9.17, 15) is 26.4 Å². The lowest BCUT2D eigenvalue weighted by Crippen LogP contribution is -2.48. The van der Waals surface area contributed by atoms with Gasteiger partial charge in [0.2, 0.25) is 15.9 Å². The lowest BCUT2D eigenvalue weighted by atomic mass is 10.1. The van der Waals surface area contributed by atoms with E-state index in [1.807, 2.05) is 4.72 Å². The van der Waals surface area contributed by atoms with Gasteiger partial charge in [0.05, 0.1) is 4.90 Å². The molecule has 0 heterocycles. The third-order valence-corrected chi connectivity index (χ3v) is 5.20. The van der Waals surface area contributed by atoms with E-state index in [-0.39, 0.29) is 11.3 Å². The highest BCUT2D eigenvalue weighted by atomic mass is 32.2. The Balaban J connectivity index is 2.23. The number of nitrogens with two attached hydrogens (primary N) is 1. The number of rotatable bonds is 5. The van der Waals surface area contributed by atoms with E-state index in [2.05, 4.69) is 0 Å². The average molecular weight is 336 g/mol. The number of aryl methyl sites for hydroxylation is 1. The van der Waals surface area contributed by atoms with E-state index in [1.54, 1.807) is 19.1 Å². The highest BCUT2D eigenvalue weighted by Crippen LogP contribution is 2.50. The maximum Gasteiger partial charge on any atom is 0.389 e. The molecule has 0 saturated heterocycles. The zero-order chi connectivity index (χ0) is 16.8. The summed E-state index contributed by atoms with van der Waals surface area (Å²) in [7, 11) is -4.12. The normalized spacial score (nSPS) is 25.0. The summed E-state index contributed by atoms with van der Waals surface area (Å²) in [6.45, 7) is 1.76. The molecule has 1 aliphatic rings. The number of carbonyl (C=O) groups is 1. The average Bonchev–Trinajstić information content (AvgIpc) is 3.00. The number of sulfonamides is 1. The smallest absolute Gasteiger partial charge is 0.368 e. The van der Waals surface area contributed by atoms with Crippen LogP contribution in [0.5, 0.6) is 0 Å². The van der Waals surface area contributed by atoms with Gasteiger partial charge < -0.3 is 5.73 Å². The van der Waals surface area contributed by atoms with Crippen molar-refractivity contribution in [3.8, 4) is 0 Å². The summed E-state index contributed by atoms with van der Waals surface area (Å²) >= 11 is 0. The Morgan fingerprint density at radius 1 is 1.36 bits per heavy atom. The van der Waals surface area contributed by atoms with Gasteiger partial charge in [-0.15, -0.1) is 0 Å². The summed E-state index contributed by atoms with van der Waals surface area (Å²) in [6, 6.07) is 5.72. The van der Waals surface area contributed by atoms with Crippen LogP contribution >= 0.6 is 0 Å². The predicted octanol–water partition coefficient (Wildman–Crippen LogP) is 1.47. The summed E-state index contributed by atoms with van der Waals surface area (Å²) in [5, 5.41) is 0. The number of nitrogens with one attached hydrogen (secondary N) is 1. The molecule has 1 fully saturated rings. The first-order chi connectivity index (χ1) is 9.96. The molecule has 0 aliphatic heterocycles. The molecule has 1 saturated carbocycles. The van der Waals surface area contributed by atoms with Gasteiger partial charge in [0.25, 0.3) is 0 Å². The van der Waals surface area contributed by atoms with Crippen LogP contribution in [0.3, 0.4) is 0 Å². The monoisotopic (exact) mass is 336 g/mol. The summed E-state index contributed by atoms with van der Waals surface area (Å²) in [5.74, 6) is -2.28. The van der Waals surface area contributed by atoms with Crippen molar-refractivity contribution in [3.63, 3.8) is 0 Å². The molecule has 0 bridgehead atoms. The number of carbonyl (C=O) groups excluding carboxylic acids is 1. The van der Waals surface area contributed by atoms with Gasteiger partial charge in [-0.05, 0) is 31.4 Å². The Kier molecular flexibility index (Phi) is 3.99. The van der Waals surface area contributed by atoms with Crippen LogP contribution in [0, 0.1) is 12.8 Å². The summed E-state index contributed by atoms with van der Waals surface area (Å²) < 4.78 is 63.8. The Bertz CT molecular complexity index is 685. The molecule has 122 valence electrons. The summed E-state index contributed by atoms with van der Waals surface area (Å²) in [6.07, 6.45) is -6.00. The number of hydrogen-bond acceptors (Lipinski definition) is 3. The minimum absolute atomic E-state index is 0.128. The van der Waals surface area contributed by atoms with Gasteiger partial charge in [-0.3, -0.25) is 4.79 Å². The Morgan fingerprint density at radius 2 is 1.91 bits per heavy atom. The molecular weight excluding hydrogens is 321 g/mol. The second-order valence-electron chi connectivity index (χ2n) is 5.47. The van der Waals surface area contributed by atoms with Crippen LogP contribution < -0.4 is 10.5 Å². The molecule has 1 aliphatic carbocycles. The fourth-order valence-electron chi connectivity index (χ4n) is 2.35. The minimum atomic E-state index is -4.49. The van der Waals surface area contributed by atoms with E-state index < -0.39 is 40.0 Å². The largest absolute Gasteiger partial charge is 0.389 e. The Morgan fingerprint density at radius 3 is 2.36 bits per heavy atom. The maximum atomic E-state index is 12.4. The second-order valence-corrected chi connectivity index (χ2v) is 7.16. The van der Waals surface area contributed by atoms with Crippen molar-refractivity contribution in [3.05, 3.63) is 29.8 Å². The molecule has 1 amide bonds. The molecule has 9 heteroatoms. The Labute approximate surface area is 125 Å². The molecule has 3 N–H and O–H groups in total. The fourth-order valence-corrected chi connectivity index (χ4v) is 3.79. The van der Waals surface area contributed by atoms with Gasteiger partial charge in [-0.1, -0.05) is 17.7 Å². The third kappa shape index (κ3) is 3.41. The molecule has 0 radical (unpaired) electrons. The first-order valence-electron chi connectivity index (χ1n) is 6.43. The van der Waals surface area contributed by atoms with Crippen LogP contribution in [-0.2, 0) is 14.8 Å². The molecule has 2 atom stereocenters. The quantitative estimate of drug-likeness (QED) is 0.853. The standard InChI is InChI=1S/C13H15F3N2O3S/c1-8-2-4-10(5-3-8)22(20,21)18-12(11(17)19)6-9(12)7-13(14,15)16/h2-5,9,18H,6-7H2,1H3,(H2,17,19)/t9?,12-/m1/s1. The predicted molar refractivity (Wildman–Crippen MR) is 72.2 cm³/mol. The van der Waals surface area contributed by atoms with Crippen LogP contribution in [-0.4, -0.2) is 26.0 Å². The topological polar surface area (TPSA) is 89.3 Å². The van der Waals surface area contributed by atoms with Gasteiger partial charge in [-0.2, -0.15) is 17.9 Å². The maximum absolute atomic E-state index is 12.4.